The first-order chi connectivity index (χ1) is 21.9. The molecule has 0 bridgehead atoms. The van der Waals surface area contributed by atoms with E-state index in [9.17, 15) is 9.59 Å². The molecule has 0 radical (unpaired) electrons. The summed E-state index contributed by atoms with van der Waals surface area (Å²) in [5.74, 6) is -0.400. The summed E-state index contributed by atoms with van der Waals surface area (Å²) < 4.78 is 2.08. The average molecular weight is 596 g/mol. The van der Waals surface area contributed by atoms with Crippen LogP contribution < -0.4 is 16.0 Å². The largest absolute Gasteiger partial charge is 0.354 e. The van der Waals surface area contributed by atoms with Gasteiger partial charge in [0.05, 0.1) is 17.3 Å². The van der Waals surface area contributed by atoms with E-state index in [0.717, 1.165) is 47.4 Å². The number of hydrogen-bond acceptors (Lipinski definition) is 4. The van der Waals surface area contributed by atoms with Crippen molar-refractivity contribution in [2.45, 2.75) is 32.4 Å². The number of rotatable bonds is 8. The van der Waals surface area contributed by atoms with Crippen LogP contribution in [0.15, 0.2) is 103 Å². The van der Waals surface area contributed by atoms with Crippen LogP contribution in [-0.4, -0.2) is 34.4 Å². The van der Waals surface area contributed by atoms with Crippen LogP contribution in [0, 0.1) is 0 Å². The zero-order valence-electron chi connectivity index (χ0n) is 25.6. The quantitative estimate of drug-likeness (QED) is 0.166. The van der Waals surface area contributed by atoms with Crippen LogP contribution >= 0.6 is 0 Å². The molecule has 226 valence electrons. The second kappa shape index (κ2) is 12.1. The standard InChI is InChI=1S/C38H37N5O2/c1-25(27-8-4-3-5-9-27)39-37(44)30-12-16-33-32(23-30)35(38(45)41-33)36(29-13-17-34-28(22-29)18-21-42(34)2)40-31-14-10-26(11-15-31)24-43-19-6-7-20-43/h3-5,8-18,21-23,25,40H,6-7,19-20,24H2,1-2H3,(H,39,44)(H,41,45)/b36-35-/t25-/m1/s1. The second-order valence-corrected chi connectivity index (χ2v) is 12.1. The molecule has 45 heavy (non-hydrogen) atoms. The zero-order chi connectivity index (χ0) is 30.9. The Bertz CT molecular complexity index is 1920. The minimum Gasteiger partial charge on any atom is -0.354 e. The van der Waals surface area contributed by atoms with Gasteiger partial charge in [0.1, 0.15) is 0 Å². The van der Waals surface area contributed by atoms with Gasteiger partial charge in [-0.25, -0.2) is 0 Å². The zero-order valence-corrected chi connectivity index (χ0v) is 25.6. The summed E-state index contributed by atoms with van der Waals surface area (Å²) in [6.07, 6.45) is 4.56. The lowest BCUT2D eigenvalue weighted by atomic mass is 9.97. The predicted octanol–water partition coefficient (Wildman–Crippen LogP) is 7.20. The van der Waals surface area contributed by atoms with Crippen LogP contribution in [0.5, 0.6) is 0 Å². The molecule has 1 aromatic heterocycles. The number of amides is 2. The number of carbonyl (C=O) groups is 2. The molecule has 7 rings (SSSR count). The predicted molar refractivity (Wildman–Crippen MR) is 182 cm³/mol. The van der Waals surface area contributed by atoms with Gasteiger partial charge in [-0.2, -0.15) is 0 Å². The first-order valence-electron chi connectivity index (χ1n) is 15.6. The van der Waals surface area contributed by atoms with Gasteiger partial charge in [-0.3, -0.25) is 14.5 Å². The Hall–Kier alpha value is -5.14. The summed E-state index contributed by atoms with van der Waals surface area (Å²) in [6, 6.07) is 31.9. The molecule has 0 saturated carbocycles. The van der Waals surface area contributed by atoms with E-state index in [2.05, 4.69) is 67.9 Å². The number of aryl methyl sites for hydroxylation is 1. The molecule has 1 fully saturated rings. The smallest absolute Gasteiger partial charge is 0.258 e. The Morgan fingerprint density at radius 2 is 1.64 bits per heavy atom. The van der Waals surface area contributed by atoms with Crippen LogP contribution in [0.2, 0.25) is 0 Å². The Kier molecular flexibility index (Phi) is 7.69. The van der Waals surface area contributed by atoms with Crippen molar-refractivity contribution in [3.8, 4) is 0 Å². The molecule has 7 heteroatoms. The maximum atomic E-state index is 13.7. The lowest BCUT2D eigenvalue weighted by Crippen LogP contribution is -2.26. The number of aromatic nitrogens is 1. The maximum Gasteiger partial charge on any atom is 0.258 e. The molecule has 5 aromatic rings. The van der Waals surface area contributed by atoms with Crippen molar-refractivity contribution in [3.05, 3.63) is 131 Å². The van der Waals surface area contributed by atoms with Crippen molar-refractivity contribution in [3.63, 3.8) is 0 Å². The molecule has 0 spiro atoms. The summed E-state index contributed by atoms with van der Waals surface area (Å²) in [5.41, 5.74) is 8.26. The highest BCUT2D eigenvalue weighted by Gasteiger charge is 2.30. The normalized spacial score (nSPS) is 16.4. The fourth-order valence-electron chi connectivity index (χ4n) is 6.41. The number of nitrogens with one attached hydrogen (secondary N) is 3. The van der Waals surface area contributed by atoms with Crippen molar-refractivity contribution in [2.75, 3.05) is 23.7 Å². The highest BCUT2D eigenvalue weighted by Crippen LogP contribution is 2.39. The average Bonchev–Trinajstić information content (AvgIpc) is 3.79. The number of carbonyl (C=O) groups excluding carboxylic acids is 2. The Balaban J connectivity index is 1.26. The SMILES string of the molecule is C[C@@H](NC(=O)c1ccc2c(c1)/C(=C(/Nc1ccc(CN3CCCC3)cc1)c1ccc3c(ccn3C)c1)C(=O)N2)c1ccccc1. The van der Waals surface area contributed by atoms with E-state index in [1.54, 1.807) is 6.07 Å². The van der Waals surface area contributed by atoms with E-state index in [-0.39, 0.29) is 17.9 Å². The third-order valence-electron chi connectivity index (χ3n) is 8.93. The molecule has 0 aliphatic carbocycles. The van der Waals surface area contributed by atoms with Gasteiger partial charge in [-0.05, 0) is 98.1 Å². The highest BCUT2D eigenvalue weighted by molar-refractivity contribution is 6.37. The summed E-state index contributed by atoms with van der Waals surface area (Å²) >= 11 is 0. The van der Waals surface area contributed by atoms with Crippen molar-refractivity contribution in [2.24, 2.45) is 7.05 Å². The van der Waals surface area contributed by atoms with Crippen LogP contribution in [-0.2, 0) is 18.4 Å². The summed E-state index contributed by atoms with van der Waals surface area (Å²) in [5, 5.41) is 10.8. The second-order valence-electron chi connectivity index (χ2n) is 12.1. The lowest BCUT2D eigenvalue weighted by molar-refractivity contribution is -0.110. The molecule has 2 aliphatic rings. The number of fused-ring (bicyclic) bond motifs is 2. The van der Waals surface area contributed by atoms with Crippen molar-refractivity contribution >= 4 is 45.4 Å². The van der Waals surface area contributed by atoms with Gasteiger partial charge in [-0.1, -0.05) is 48.5 Å². The lowest BCUT2D eigenvalue weighted by Gasteiger charge is -2.17. The molecular weight excluding hydrogens is 558 g/mol. The van der Waals surface area contributed by atoms with Gasteiger partial charge in [0.15, 0.2) is 0 Å². The molecule has 1 atom stereocenters. The van der Waals surface area contributed by atoms with E-state index in [1.807, 2.05) is 68.7 Å². The molecule has 3 heterocycles. The number of anilines is 2. The van der Waals surface area contributed by atoms with Gasteiger partial charge < -0.3 is 20.5 Å². The van der Waals surface area contributed by atoms with Gasteiger partial charge in [0, 0.05) is 53.2 Å². The molecule has 2 amide bonds. The molecule has 0 unspecified atom stereocenters. The summed E-state index contributed by atoms with van der Waals surface area (Å²) in [6.45, 7) is 5.22. The Morgan fingerprint density at radius 3 is 2.42 bits per heavy atom. The minimum atomic E-state index is -0.207. The number of likely N-dealkylation sites (tertiary alicyclic amines) is 1. The van der Waals surface area contributed by atoms with Crippen molar-refractivity contribution in [1.82, 2.24) is 14.8 Å². The summed E-state index contributed by atoms with van der Waals surface area (Å²) in [4.78, 5) is 29.6. The fraction of sp³-hybridized carbons (Fsp3) is 0.211. The monoisotopic (exact) mass is 595 g/mol. The molecule has 1 saturated heterocycles. The highest BCUT2D eigenvalue weighted by atomic mass is 16.2. The topological polar surface area (TPSA) is 78.4 Å². The van der Waals surface area contributed by atoms with Crippen molar-refractivity contribution < 1.29 is 9.59 Å². The number of benzene rings is 4. The van der Waals surface area contributed by atoms with Crippen LogP contribution in [0.25, 0.3) is 22.2 Å². The van der Waals surface area contributed by atoms with E-state index < -0.39 is 0 Å². The van der Waals surface area contributed by atoms with Gasteiger partial charge in [-0.15, -0.1) is 0 Å². The van der Waals surface area contributed by atoms with E-state index in [0.29, 0.717) is 28.1 Å². The van der Waals surface area contributed by atoms with E-state index in [4.69, 9.17) is 0 Å². The first-order valence-corrected chi connectivity index (χ1v) is 15.6. The summed E-state index contributed by atoms with van der Waals surface area (Å²) in [7, 11) is 2.02. The number of nitrogens with zero attached hydrogens (tertiary/aromatic N) is 2. The van der Waals surface area contributed by atoms with Gasteiger partial charge >= 0.3 is 0 Å². The molecule has 3 N–H and O–H groups in total. The first kappa shape index (κ1) is 28.6. The van der Waals surface area contributed by atoms with Crippen molar-refractivity contribution in [1.29, 1.82) is 0 Å². The minimum absolute atomic E-state index is 0.162. The molecular formula is C38H37N5O2. The molecule has 4 aromatic carbocycles. The maximum absolute atomic E-state index is 13.7. The Labute approximate surface area is 263 Å². The third-order valence-corrected chi connectivity index (χ3v) is 8.93. The van der Waals surface area contributed by atoms with E-state index >= 15 is 0 Å². The van der Waals surface area contributed by atoms with E-state index in [1.165, 1.54) is 18.4 Å². The fourth-order valence-corrected chi connectivity index (χ4v) is 6.41. The van der Waals surface area contributed by atoms with Gasteiger partial charge in [0.2, 0.25) is 0 Å². The van der Waals surface area contributed by atoms with Gasteiger partial charge in [0.25, 0.3) is 11.8 Å². The molecule has 7 nitrogen and oxygen atoms in total. The van der Waals surface area contributed by atoms with Crippen LogP contribution in [0.1, 0.15) is 58.4 Å². The third kappa shape index (κ3) is 5.87. The number of hydrogen-bond donors (Lipinski definition) is 3. The van der Waals surface area contributed by atoms with Crippen LogP contribution in [0.4, 0.5) is 11.4 Å². The molecule has 2 aliphatic heterocycles. The van der Waals surface area contributed by atoms with Crippen LogP contribution in [0.3, 0.4) is 0 Å². The Morgan fingerprint density at radius 1 is 0.889 bits per heavy atom.